The number of hydrogen-bond donors (Lipinski definition) is 1. The standard InChI is InChI=1S/C28H32N6O2/c1-4-33-25-14-15-32(18-21-8-6-5-7-9-21)19-24(25)28(36)34-27(33)23(17-30-34)26(35)29-16-20-10-12-22(13-11-20)31(2)3/h5-13,17H,4,14-16,18-19H2,1-3H3,(H,29,35). The molecule has 1 aliphatic heterocycles. The van der Waals surface area contributed by atoms with E-state index in [0.29, 0.717) is 30.8 Å². The van der Waals surface area contributed by atoms with Gasteiger partial charge in [0.15, 0.2) is 5.65 Å². The highest BCUT2D eigenvalue weighted by Crippen LogP contribution is 2.22. The van der Waals surface area contributed by atoms with E-state index in [1.54, 1.807) is 0 Å². The van der Waals surface area contributed by atoms with E-state index >= 15 is 0 Å². The molecule has 1 N–H and O–H groups in total. The zero-order chi connectivity index (χ0) is 25.2. The Morgan fingerprint density at radius 1 is 1.06 bits per heavy atom. The molecule has 8 nitrogen and oxygen atoms in total. The summed E-state index contributed by atoms with van der Waals surface area (Å²) in [5.41, 5.74) is 5.97. The SMILES string of the molecule is CCn1c2c(c(=O)n3ncc(C(=O)NCc4ccc(N(C)C)cc4)c13)CN(Cc1ccccc1)CC2. The first kappa shape index (κ1) is 23.8. The number of carbonyl (C=O) groups excluding carboxylic acids is 1. The summed E-state index contributed by atoms with van der Waals surface area (Å²) < 4.78 is 3.49. The van der Waals surface area contributed by atoms with Gasteiger partial charge in [0.1, 0.15) is 5.56 Å². The number of rotatable bonds is 7. The van der Waals surface area contributed by atoms with Crippen molar-refractivity contribution in [1.29, 1.82) is 0 Å². The van der Waals surface area contributed by atoms with Gasteiger partial charge in [0, 0.05) is 64.6 Å². The molecule has 3 heterocycles. The van der Waals surface area contributed by atoms with Crippen LogP contribution in [0.4, 0.5) is 5.69 Å². The Morgan fingerprint density at radius 2 is 1.81 bits per heavy atom. The largest absolute Gasteiger partial charge is 0.378 e. The molecule has 2 aromatic carbocycles. The van der Waals surface area contributed by atoms with Crippen molar-refractivity contribution in [2.45, 2.75) is 39.5 Å². The summed E-state index contributed by atoms with van der Waals surface area (Å²) in [7, 11) is 3.99. The van der Waals surface area contributed by atoms with E-state index in [2.05, 4.69) is 32.0 Å². The third-order valence-electron chi connectivity index (χ3n) is 6.89. The van der Waals surface area contributed by atoms with Gasteiger partial charge in [0.2, 0.25) is 0 Å². The van der Waals surface area contributed by atoms with Crippen molar-refractivity contribution in [2.24, 2.45) is 0 Å². The lowest BCUT2D eigenvalue weighted by atomic mass is 10.0. The minimum atomic E-state index is -0.232. The molecule has 0 bridgehead atoms. The third-order valence-corrected chi connectivity index (χ3v) is 6.89. The highest BCUT2D eigenvalue weighted by Gasteiger charge is 2.27. The smallest absolute Gasteiger partial charge is 0.279 e. The molecule has 8 heteroatoms. The molecule has 0 radical (unpaired) electrons. The average Bonchev–Trinajstić information content (AvgIpc) is 3.34. The molecule has 0 fully saturated rings. The van der Waals surface area contributed by atoms with Crippen molar-refractivity contribution in [2.75, 3.05) is 25.5 Å². The zero-order valence-corrected chi connectivity index (χ0v) is 21.1. The molecular formula is C28H32N6O2. The summed E-state index contributed by atoms with van der Waals surface area (Å²) in [4.78, 5) is 31.0. The first-order chi connectivity index (χ1) is 17.5. The number of aryl methyl sites for hydroxylation is 1. The van der Waals surface area contributed by atoms with Gasteiger partial charge in [-0.1, -0.05) is 42.5 Å². The van der Waals surface area contributed by atoms with E-state index in [4.69, 9.17) is 0 Å². The predicted octanol–water partition coefficient (Wildman–Crippen LogP) is 3.07. The van der Waals surface area contributed by atoms with Crippen LogP contribution in [0, 0.1) is 0 Å². The van der Waals surface area contributed by atoms with Gasteiger partial charge >= 0.3 is 0 Å². The minimum Gasteiger partial charge on any atom is -0.378 e. The summed E-state index contributed by atoms with van der Waals surface area (Å²) in [6.07, 6.45) is 2.27. The van der Waals surface area contributed by atoms with Crippen LogP contribution in [0.25, 0.3) is 5.65 Å². The number of aromatic nitrogens is 3. The fraction of sp³-hybridized carbons (Fsp3) is 0.321. The Balaban J connectivity index is 1.40. The maximum absolute atomic E-state index is 13.5. The van der Waals surface area contributed by atoms with Gasteiger partial charge in [0.05, 0.1) is 11.8 Å². The Kier molecular flexibility index (Phi) is 6.61. The molecule has 0 aliphatic carbocycles. The number of carbonyl (C=O) groups is 1. The Morgan fingerprint density at radius 3 is 2.50 bits per heavy atom. The highest BCUT2D eigenvalue weighted by molar-refractivity contribution is 5.99. The van der Waals surface area contributed by atoms with Crippen LogP contribution in [0.5, 0.6) is 0 Å². The van der Waals surface area contributed by atoms with Crippen LogP contribution >= 0.6 is 0 Å². The molecule has 0 spiro atoms. The van der Waals surface area contributed by atoms with Gasteiger partial charge in [-0.25, -0.2) is 0 Å². The predicted molar refractivity (Wildman–Crippen MR) is 141 cm³/mol. The molecule has 1 amide bonds. The second-order valence-corrected chi connectivity index (χ2v) is 9.46. The lowest BCUT2D eigenvalue weighted by Gasteiger charge is -2.30. The molecule has 1 aliphatic rings. The normalized spacial score (nSPS) is 13.5. The zero-order valence-electron chi connectivity index (χ0n) is 21.1. The third kappa shape index (κ3) is 4.52. The maximum atomic E-state index is 13.5. The molecule has 0 saturated carbocycles. The number of benzene rings is 2. The van der Waals surface area contributed by atoms with E-state index in [-0.39, 0.29) is 11.5 Å². The van der Waals surface area contributed by atoms with Gasteiger partial charge in [-0.2, -0.15) is 9.61 Å². The monoisotopic (exact) mass is 484 g/mol. The Labute approximate surface area is 210 Å². The fourth-order valence-corrected chi connectivity index (χ4v) is 4.97. The molecule has 36 heavy (non-hydrogen) atoms. The van der Waals surface area contributed by atoms with Crippen LogP contribution in [0.2, 0.25) is 0 Å². The van der Waals surface area contributed by atoms with Crippen LogP contribution in [-0.4, -0.2) is 45.6 Å². The lowest BCUT2D eigenvalue weighted by molar-refractivity contribution is 0.0952. The van der Waals surface area contributed by atoms with Crippen molar-refractivity contribution >= 4 is 17.2 Å². The second-order valence-electron chi connectivity index (χ2n) is 9.46. The van der Waals surface area contributed by atoms with E-state index in [0.717, 1.165) is 42.0 Å². The van der Waals surface area contributed by atoms with Gasteiger partial charge in [-0.05, 0) is 30.2 Å². The quantitative estimate of drug-likeness (QED) is 0.436. The molecule has 4 aromatic rings. The van der Waals surface area contributed by atoms with Crippen LogP contribution < -0.4 is 15.8 Å². The van der Waals surface area contributed by atoms with Crippen molar-refractivity contribution in [3.8, 4) is 0 Å². The van der Waals surface area contributed by atoms with Gasteiger partial charge in [-0.15, -0.1) is 0 Å². The van der Waals surface area contributed by atoms with Crippen molar-refractivity contribution < 1.29 is 4.79 Å². The number of fused-ring (bicyclic) bond motifs is 2. The Hall–Kier alpha value is -3.91. The van der Waals surface area contributed by atoms with E-state index in [1.807, 2.05) is 68.4 Å². The van der Waals surface area contributed by atoms with Crippen LogP contribution in [-0.2, 0) is 32.6 Å². The molecule has 0 atom stereocenters. The molecule has 2 aromatic heterocycles. The summed E-state index contributed by atoms with van der Waals surface area (Å²) in [5, 5.41) is 7.35. The second kappa shape index (κ2) is 9.99. The van der Waals surface area contributed by atoms with Crippen LogP contribution in [0.1, 0.15) is 39.7 Å². The van der Waals surface area contributed by atoms with E-state index < -0.39 is 0 Å². The molecular weight excluding hydrogens is 452 g/mol. The van der Waals surface area contributed by atoms with Crippen LogP contribution in [0.15, 0.2) is 65.6 Å². The summed E-state index contributed by atoms with van der Waals surface area (Å²) in [5.74, 6) is -0.232. The van der Waals surface area contributed by atoms with Gasteiger partial charge in [-0.3, -0.25) is 14.5 Å². The molecule has 0 saturated heterocycles. The summed E-state index contributed by atoms with van der Waals surface area (Å²) in [6.45, 7) is 5.33. The first-order valence-electron chi connectivity index (χ1n) is 12.4. The molecule has 5 rings (SSSR count). The van der Waals surface area contributed by atoms with Gasteiger partial charge in [0.25, 0.3) is 11.5 Å². The number of amides is 1. The number of nitrogens with one attached hydrogen (secondary N) is 1. The van der Waals surface area contributed by atoms with Crippen molar-refractivity contribution in [3.05, 3.63) is 99.1 Å². The fourth-order valence-electron chi connectivity index (χ4n) is 4.97. The molecule has 186 valence electrons. The summed E-state index contributed by atoms with van der Waals surface area (Å²) >= 11 is 0. The first-order valence-corrected chi connectivity index (χ1v) is 12.4. The van der Waals surface area contributed by atoms with Gasteiger partial charge < -0.3 is 14.8 Å². The number of nitrogens with zero attached hydrogens (tertiary/aromatic N) is 5. The Bertz CT molecular complexity index is 1440. The lowest BCUT2D eigenvalue weighted by Crippen LogP contribution is -2.38. The topological polar surface area (TPSA) is 74.9 Å². The maximum Gasteiger partial charge on any atom is 0.279 e. The van der Waals surface area contributed by atoms with Crippen molar-refractivity contribution in [1.82, 2.24) is 24.4 Å². The van der Waals surface area contributed by atoms with Crippen LogP contribution in [0.3, 0.4) is 0 Å². The average molecular weight is 485 g/mol. The van der Waals surface area contributed by atoms with E-state index in [9.17, 15) is 9.59 Å². The highest BCUT2D eigenvalue weighted by atomic mass is 16.2. The van der Waals surface area contributed by atoms with Crippen molar-refractivity contribution in [3.63, 3.8) is 0 Å². The minimum absolute atomic E-state index is 0.138. The number of hydrogen-bond acceptors (Lipinski definition) is 5. The van der Waals surface area contributed by atoms with E-state index in [1.165, 1.54) is 16.3 Å². The molecule has 0 unspecified atom stereocenters. The summed E-state index contributed by atoms with van der Waals surface area (Å²) in [6, 6.07) is 18.4. The number of anilines is 1.